The highest BCUT2D eigenvalue weighted by Crippen LogP contribution is 2.16. The zero-order chi connectivity index (χ0) is 55.7. The molecule has 0 fully saturated rings. The summed E-state index contributed by atoms with van der Waals surface area (Å²) in [5.74, 6) is -0.974. The maximum absolute atomic E-state index is 12.9. The van der Waals surface area contributed by atoms with Crippen LogP contribution in [0, 0.1) is 0 Å². The fourth-order valence-corrected chi connectivity index (χ4v) is 9.36. The summed E-state index contributed by atoms with van der Waals surface area (Å²) in [7, 11) is 0. The molecule has 0 heterocycles. The Morgan fingerprint density at radius 2 is 0.494 bits per heavy atom. The van der Waals surface area contributed by atoms with E-state index < -0.39 is 6.10 Å². The zero-order valence-electron chi connectivity index (χ0n) is 51.0. The minimum atomic E-state index is -0.809. The number of unbranched alkanes of at least 4 members (excludes halogenated alkanes) is 35. The number of ether oxygens (including phenoxy) is 3. The van der Waals surface area contributed by atoms with Gasteiger partial charge in [-0.2, -0.15) is 0 Å². The summed E-state index contributed by atoms with van der Waals surface area (Å²) in [5.41, 5.74) is 0. The van der Waals surface area contributed by atoms with Crippen molar-refractivity contribution in [1.82, 2.24) is 0 Å². The Labute approximate surface area is 477 Å². The van der Waals surface area contributed by atoms with Gasteiger partial charge >= 0.3 is 17.9 Å². The van der Waals surface area contributed by atoms with Gasteiger partial charge < -0.3 is 14.2 Å². The van der Waals surface area contributed by atoms with Crippen LogP contribution in [0.5, 0.6) is 0 Å². The van der Waals surface area contributed by atoms with Gasteiger partial charge in [-0.1, -0.05) is 286 Å². The number of rotatable bonds is 60. The van der Waals surface area contributed by atoms with Gasteiger partial charge in [0.2, 0.25) is 0 Å². The first-order chi connectivity index (χ1) is 38.0. The summed E-state index contributed by atoms with van der Waals surface area (Å²) in [6, 6.07) is 0. The van der Waals surface area contributed by atoms with Crippen molar-refractivity contribution in [1.29, 1.82) is 0 Å². The van der Waals surface area contributed by atoms with Crippen molar-refractivity contribution < 1.29 is 28.6 Å². The van der Waals surface area contributed by atoms with E-state index in [1.807, 2.05) is 6.08 Å². The highest BCUT2D eigenvalue weighted by molar-refractivity contribution is 5.71. The maximum atomic E-state index is 12.9. The smallest absolute Gasteiger partial charge is 0.306 e. The van der Waals surface area contributed by atoms with E-state index in [9.17, 15) is 14.4 Å². The molecule has 444 valence electrons. The third kappa shape index (κ3) is 63.3. The molecule has 0 aromatic carbocycles. The number of carbonyl (C=O) groups is 3. The molecule has 0 unspecified atom stereocenters. The molecule has 6 nitrogen and oxygen atoms in total. The van der Waals surface area contributed by atoms with Crippen molar-refractivity contribution >= 4 is 17.9 Å². The van der Waals surface area contributed by atoms with Crippen molar-refractivity contribution in [2.24, 2.45) is 0 Å². The summed E-state index contributed by atoms with van der Waals surface area (Å²) >= 11 is 0. The van der Waals surface area contributed by atoms with Crippen LogP contribution in [-0.2, 0) is 28.6 Å². The number of hydrogen-bond donors (Lipinski definition) is 0. The van der Waals surface area contributed by atoms with Crippen LogP contribution < -0.4 is 0 Å². The van der Waals surface area contributed by atoms with Crippen LogP contribution in [0.25, 0.3) is 0 Å². The first-order valence-electron chi connectivity index (χ1n) is 33.1. The second-order valence-electron chi connectivity index (χ2n) is 22.0. The maximum Gasteiger partial charge on any atom is 0.306 e. The van der Waals surface area contributed by atoms with Gasteiger partial charge in [-0.25, -0.2) is 0 Å². The molecule has 0 aliphatic rings. The highest BCUT2D eigenvalue weighted by Gasteiger charge is 2.19. The lowest BCUT2D eigenvalue weighted by atomic mass is 10.0. The normalized spacial score (nSPS) is 12.6. The van der Waals surface area contributed by atoms with Gasteiger partial charge in [-0.05, 0) is 109 Å². The Kier molecular flexibility index (Phi) is 62.2. The monoisotopic (exact) mass is 1070 g/mol. The molecule has 0 radical (unpaired) electrons. The van der Waals surface area contributed by atoms with Crippen molar-refractivity contribution in [3.05, 3.63) is 85.1 Å². The van der Waals surface area contributed by atoms with E-state index in [1.54, 1.807) is 0 Å². The lowest BCUT2D eigenvalue weighted by Gasteiger charge is -2.18. The number of allylic oxidation sites excluding steroid dienone is 14. The zero-order valence-corrected chi connectivity index (χ0v) is 51.0. The van der Waals surface area contributed by atoms with Gasteiger partial charge in [0.25, 0.3) is 0 Å². The second kappa shape index (κ2) is 65.1. The van der Waals surface area contributed by atoms with E-state index in [-0.39, 0.29) is 37.5 Å². The van der Waals surface area contributed by atoms with E-state index in [0.717, 1.165) is 64.2 Å². The van der Waals surface area contributed by atoms with Crippen molar-refractivity contribution in [2.75, 3.05) is 13.2 Å². The molecule has 0 aromatic rings. The molecule has 0 bridgehead atoms. The van der Waals surface area contributed by atoms with E-state index in [2.05, 4.69) is 99.8 Å². The predicted octanol–water partition coefficient (Wildman–Crippen LogP) is 22.7. The summed E-state index contributed by atoms with van der Waals surface area (Å²) in [6.07, 6.45) is 86.0. The quantitative estimate of drug-likeness (QED) is 0.0261. The van der Waals surface area contributed by atoms with E-state index in [4.69, 9.17) is 14.2 Å². The molecule has 1 atom stereocenters. The molecule has 0 aliphatic heterocycles. The first kappa shape index (κ1) is 73.6. The SMILES string of the molecule is CCCCC/C=C\C/C=C\C/C=C\C/C=C\C/C=C\CCC(=O)OC[C@H](COC(=O)CCCCCCCCCCC/C=C\CCCCCCCC)OC(=O)CCCCCCCCCCCCC/C=C\CCCCCCCC. The van der Waals surface area contributed by atoms with Crippen LogP contribution >= 0.6 is 0 Å². The molecule has 77 heavy (non-hydrogen) atoms. The molecule has 0 rings (SSSR count). The molecule has 0 N–H and O–H groups in total. The summed E-state index contributed by atoms with van der Waals surface area (Å²) < 4.78 is 16.9. The van der Waals surface area contributed by atoms with Gasteiger partial charge in [-0.15, -0.1) is 0 Å². The summed E-state index contributed by atoms with van der Waals surface area (Å²) in [4.78, 5) is 38.3. The van der Waals surface area contributed by atoms with E-state index in [0.29, 0.717) is 19.3 Å². The number of carbonyl (C=O) groups excluding carboxylic acids is 3. The average Bonchev–Trinajstić information content (AvgIpc) is 3.43. The van der Waals surface area contributed by atoms with Crippen LogP contribution in [0.2, 0.25) is 0 Å². The van der Waals surface area contributed by atoms with Gasteiger partial charge in [0, 0.05) is 19.3 Å². The summed E-state index contributed by atoms with van der Waals surface area (Å²) in [5, 5.41) is 0. The average molecular weight is 1070 g/mol. The van der Waals surface area contributed by atoms with Gasteiger partial charge in [0.15, 0.2) is 6.10 Å². The predicted molar refractivity (Wildman–Crippen MR) is 334 cm³/mol. The van der Waals surface area contributed by atoms with Crippen LogP contribution in [0.4, 0.5) is 0 Å². The third-order valence-electron chi connectivity index (χ3n) is 14.4. The van der Waals surface area contributed by atoms with Crippen LogP contribution in [0.1, 0.15) is 329 Å². The van der Waals surface area contributed by atoms with E-state index >= 15 is 0 Å². The van der Waals surface area contributed by atoms with Crippen LogP contribution in [0.3, 0.4) is 0 Å². The fraction of sp³-hybridized carbons (Fsp3) is 0.761. The number of esters is 3. The molecule has 0 amide bonds. The topological polar surface area (TPSA) is 78.9 Å². The third-order valence-corrected chi connectivity index (χ3v) is 14.4. The van der Waals surface area contributed by atoms with Crippen molar-refractivity contribution in [2.45, 2.75) is 335 Å². The Bertz CT molecular complexity index is 1470. The van der Waals surface area contributed by atoms with E-state index in [1.165, 1.54) is 218 Å². The highest BCUT2D eigenvalue weighted by atomic mass is 16.6. The molecule has 0 aliphatic carbocycles. The lowest BCUT2D eigenvalue weighted by Crippen LogP contribution is -2.30. The molecule has 6 heteroatoms. The summed E-state index contributed by atoms with van der Waals surface area (Å²) in [6.45, 7) is 6.58. The molecule has 0 aromatic heterocycles. The Hall–Kier alpha value is -3.41. The molecule has 0 saturated heterocycles. The second-order valence-corrected chi connectivity index (χ2v) is 22.0. The molecular weight excluding hydrogens is 949 g/mol. The van der Waals surface area contributed by atoms with Crippen molar-refractivity contribution in [3.63, 3.8) is 0 Å². The van der Waals surface area contributed by atoms with Gasteiger partial charge in [0.05, 0.1) is 0 Å². The standard InChI is InChI=1S/C71H124O6/c1-4-7-10-13-16-19-22-25-28-31-34-35-38-41-44-47-50-53-56-59-62-65-71(74)77-68(66-75-69(72)63-60-57-54-51-48-45-42-39-36-32-29-26-23-20-17-14-11-8-5-2)67-76-70(73)64-61-58-55-52-49-46-43-40-37-33-30-27-24-21-18-15-12-9-6-3/h17,20,25-30,36,39,45,48,54,57,68H,4-16,18-19,21-24,31-35,37-38,40-44,46-47,49-53,55-56,58-67H2,1-3H3/b20-17-,28-25-,29-26-,30-27-,39-36-,48-45-,57-54-/t68-/m1/s1. The lowest BCUT2D eigenvalue weighted by molar-refractivity contribution is -0.166. The molecule has 0 spiro atoms. The minimum Gasteiger partial charge on any atom is -0.462 e. The Morgan fingerprint density at radius 3 is 0.844 bits per heavy atom. The molecule has 0 saturated carbocycles. The number of hydrogen-bond acceptors (Lipinski definition) is 6. The van der Waals surface area contributed by atoms with Gasteiger partial charge in [0.1, 0.15) is 13.2 Å². The van der Waals surface area contributed by atoms with Crippen molar-refractivity contribution in [3.8, 4) is 0 Å². The molecular formula is C71H124O6. The largest absolute Gasteiger partial charge is 0.462 e. The van der Waals surface area contributed by atoms with Gasteiger partial charge in [-0.3, -0.25) is 14.4 Å². The first-order valence-corrected chi connectivity index (χ1v) is 33.1. The minimum absolute atomic E-state index is 0.0991. The Balaban J connectivity index is 4.46. The fourth-order valence-electron chi connectivity index (χ4n) is 9.36. The van der Waals surface area contributed by atoms with Crippen LogP contribution in [0.15, 0.2) is 85.1 Å². The Morgan fingerprint density at radius 1 is 0.260 bits per heavy atom. The van der Waals surface area contributed by atoms with Crippen LogP contribution in [-0.4, -0.2) is 37.2 Å².